The minimum absolute atomic E-state index is 0.135. The highest BCUT2D eigenvalue weighted by molar-refractivity contribution is 7.18. The summed E-state index contributed by atoms with van der Waals surface area (Å²) < 4.78 is 19.1. The number of hydrogen-bond acceptors (Lipinski definition) is 4. The lowest BCUT2D eigenvalue weighted by atomic mass is 10.2. The summed E-state index contributed by atoms with van der Waals surface area (Å²) in [4.78, 5) is 23.2. The number of carbonyl (C=O) groups is 2. The first-order valence-electron chi connectivity index (χ1n) is 5.71. The van der Waals surface area contributed by atoms with Gasteiger partial charge in [0.05, 0.1) is 9.21 Å². The third-order valence-corrected chi connectivity index (χ3v) is 3.77. The molecule has 0 radical (unpaired) electrons. The van der Waals surface area contributed by atoms with E-state index in [0.29, 0.717) is 15.5 Å². The van der Waals surface area contributed by atoms with E-state index in [4.69, 9.17) is 16.3 Å². The summed E-state index contributed by atoms with van der Waals surface area (Å²) >= 11 is 6.92. The van der Waals surface area contributed by atoms with Gasteiger partial charge in [0.15, 0.2) is 6.10 Å². The second-order valence-corrected chi connectivity index (χ2v) is 5.78. The number of benzene rings is 1. The Hall–Kier alpha value is -1.72. The lowest BCUT2D eigenvalue weighted by molar-refractivity contribution is 0.0822. The van der Waals surface area contributed by atoms with Crippen LogP contribution in [0.4, 0.5) is 4.39 Å². The fourth-order valence-corrected chi connectivity index (χ4v) is 2.69. The van der Waals surface area contributed by atoms with Crippen molar-refractivity contribution in [3.05, 3.63) is 50.9 Å². The second kappa shape index (κ2) is 6.15. The van der Waals surface area contributed by atoms with E-state index in [1.807, 2.05) is 0 Å². The molecule has 20 heavy (non-hydrogen) atoms. The number of carbonyl (C=O) groups excluding carboxylic acids is 2. The number of ether oxygens (including phenoxy) is 1. The molecular formula is C14H10ClFO3S. The standard InChI is InChI=1S/C14H10ClFO3S/c1-8(14(18)12-2-3-13(15)20-12)19-11-5-9(7-17)4-10(16)6-11/h2-8H,1H3. The van der Waals surface area contributed by atoms with Gasteiger partial charge in [0.1, 0.15) is 17.9 Å². The molecule has 3 nitrogen and oxygen atoms in total. The Kier molecular flexibility index (Phi) is 4.52. The minimum Gasteiger partial charge on any atom is -0.482 e. The van der Waals surface area contributed by atoms with Crippen LogP contribution in [-0.2, 0) is 0 Å². The van der Waals surface area contributed by atoms with Crippen molar-refractivity contribution in [1.29, 1.82) is 0 Å². The number of thiophene rings is 1. The number of ketones is 1. The van der Waals surface area contributed by atoms with Gasteiger partial charge < -0.3 is 4.74 Å². The van der Waals surface area contributed by atoms with Crippen molar-refractivity contribution in [1.82, 2.24) is 0 Å². The molecule has 0 amide bonds. The predicted molar refractivity (Wildman–Crippen MR) is 75.5 cm³/mol. The molecule has 0 saturated carbocycles. The van der Waals surface area contributed by atoms with Crippen LogP contribution in [0.2, 0.25) is 4.34 Å². The molecule has 0 N–H and O–H groups in total. The summed E-state index contributed by atoms with van der Waals surface area (Å²) in [5, 5.41) is 0. The molecule has 1 atom stereocenters. The molecule has 0 aliphatic rings. The van der Waals surface area contributed by atoms with E-state index in [-0.39, 0.29) is 17.1 Å². The molecule has 2 rings (SSSR count). The average molecular weight is 313 g/mol. The van der Waals surface area contributed by atoms with Crippen LogP contribution >= 0.6 is 22.9 Å². The molecule has 2 aromatic rings. The zero-order valence-corrected chi connectivity index (χ0v) is 12.0. The zero-order chi connectivity index (χ0) is 14.7. The first-order chi connectivity index (χ1) is 9.49. The van der Waals surface area contributed by atoms with Gasteiger partial charge in [-0.2, -0.15) is 0 Å². The Morgan fingerprint density at radius 1 is 1.40 bits per heavy atom. The summed E-state index contributed by atoms with van der Waals surface area (Å²) in [5.41, 5.74) is 0.152. The highest BCUT2D eigenvalue weighted by Gasteiger charge is 2.19. The fraction of sp³-hybridized carbons (Fsp3) is 0.143. The first-order valence-corrected chi connectivity index (χ1v) is 6.91. The van der Waals surface area contributed by atoms with E-state index in [0.717, 1.165) is 23.5 Å². The summed E-state index contributed by atoms with van der Waals surface area (Å²) in [7, 11) is 0. The topological polar surface area (TPSA) is 43.4 Å². The van der Waals surface area contributed by atoms with Crippen molar-refractivity contribution in [2.24, 2.45) is 0 Å². The molecular weight excluding hydrogens is 303 g/mol. The van der Waals surface area contributed by atoms with Crippen LogP contribution in [0.25, 0.3) is 0 Å². The maximum absolute atomic E-state index is 13.3. The van der Waals surface area contributed by atoms with Crippen LogP contribution in [-0.4, -0.2) is 18.2 Å². The molecule has 104 valence electrons. The molecule has 0 saturated heterocycles. The summed E-state index contributed by atoms with van der Waals surface area (Å²) in [5.74, 6) is -0.710. The molecule has 0 fully saturated rings. The van der Waals surface area contributed by atoms with Crippen LogP contribution in [0.15, 0.2) is 30.3 Å². The van der Waals surface area contributed by atoms with Crippen molar-refractivity contribution in [3.63, 3.8) is 0 Å². The highest BCUT2D eigenvalue weighted by Crippen LogP contribution is 2.24. The molecule has 0 aliphatic carbocycles. The van der Waals surface area contributed by atoms with Crippen molar-refractivity contribution >= 4 is 35.0 Å². The molecule has 6 heteroatoms. The number of rotatable bonds is 5. The lowest BCUT2D eigenvalue weighted by Gasteiger charge is -2.13. The third kappa shape index (κ3) is 3.43. The van der Waals surface area contributed by atoms with Gasteiger partial charge in [0.2, 0.25) is 5.78 Å². The van der Waals surface area contributed by atoms with Gasteiger partial charge >= 0.3 is 0 Å². The molecule has 0 bridgehead atoms. The monoisotopic (exact) mass is 312 g/mol. The van der Waals surface area contributed by atoms with Crippen LogP contribution in [0.3, 0.4) is 0 Å². The molecule has 1 aromatic heterocycles. The molecule has 1 unspecified atom stereocenters. The smallest absolute Gasteiger partial charge is 0.212 e. The van der Waals surface area contributed by atoms with Crippen LogP contribution in [0, 0.1) is 5.82 Å². The largest absolute Gasteiger partial charge is 0.482 e. The van der Waals surface area contributed by atoms with Gasteiger partial charge in [0.25, 0.3) is 0 Å². The fourth-order valence-electron chi connectivity index (χ4n) is 1.63. The van der Waals surface area contributed by atoms with Crippen LogP contribution in [0.5, 0.6) is 5.75 Å². The Labute approximate surface area is 123 Å². The van der Waals surface area contributed by atoms with E-state index in [9.17, 15) is 14.0 Å². The second-order valence-electron chi connectivity index (χ2n) is 4.07. The predicted octanol–water partition coefficient (Wildman–Crippen LogP) is 4.00. The Bertz CT molecular complexity index is 654. The maximum atomic E-state index is 13.3. The van der Waals surface area contributed by atoms with Crippen LogP contribution < -0.4 is 4.74 Å². The third-order valence-electron chi connectivity index (χ3n) is 2.53. The number of halogens is 2. The van der Waals surface area contributed by atoms with Crippen molar-refractivity contribution < 1.29 is 18.7 Å². The van der Waals surface area contributed by atoms with Crippen molar-refractivity contribution in [3.8, 4) is 5.75 Å². The van der Waals surface area contributed by atoms with E-state index >= 15 is 0 Å². The van der Waals surface area contributed by atoms with E-state index in [1.165, 1.54) is 6.07 Å². The lowest BCUT2D eigenvalue weighted by Crippen LogP contribution is -2.23. The Morgan fingerprint density at radius 3 is 2.75 bits per heavy atom. The quantitative estimate of drug-likeness (QED) is 0.619. The van der Waals surface area contributed by atoms with Gasteiger partial charge in [-0.3, -0.25) is 9.59 Å². The Balaban J connectivity index is 2.15. The minimum atomic E-state index is -0.800. The zero-order valence-electron chi connectivity index (χ0n) is 10.4. The summed E-state index contributed by atoms with van der Waals surface area (Å²) in [6, 6.07) is 6.82. The van der Waals surface area contributed by atoms with E-state index in [2.05, 4.69) is 0 Å². The SMILES string of the molecule is CC(Oc1cc(F)cc(C=O)c1)C(=O)c1ccc(Cl)s1. The number of aldehydes is 1. The number of hydrogen-bond donors (Lipinski definition) is 0. The van der Waals surface area contributed by atoms with Crippen molar-refractivity contribution in [2.45, 2.75) is 13.0 Å². The Morgan fingerprint density at radius 2 is 2.15 bits per heavy atom. The summed E-state index contributed by atoms with van der Waals surface area (Å²) in [6.45, 7) is 1.56. The van der Waals surface area contributed by atoms with E-state index < -0.39 is 11.9 Å². The van der Waals surface area contributed by atoms with Gasteiger partial charge in [-0.25, -0.2) is 4.39 Å². The molecule has 0 spiro atoms. The van der Waals surface area contributed by atoms with Gasteiger partial charge in [-0.1, -0.05) is 11.6 Å². The number of Topliss-reactive ketones (excluding diaryl/α,β-unsaturated/α-hetero) is 1. The average Bonchev–Trinajstić information content (AvgIpc) is 2.83. The molecule has 1 aromatic carbocycles. The van der Waals surface area contributed by atoms with Crippen molar-refractivity contribution in [2.75, 3.05) is 0 Å². The maximum Gasteiger partial charge on any atom is 0.212 e. The molecule has 0 aliphatic heterocycles. The highest BCUT2D eigenvalue weighted by atomic mass is 35.5. The molecule has 1 heterocycles. The van der Waals surface area contributed by atoms with Gasteiger partial charge in [-0.15, -0.1) is 11.3 Å². The van der Waals surface area contributed by atoms with Gasteiger partial charge in [-0.05, 0) is 31.2 Å². The van der Waals surface area contributed by atoms with E-state index in [1.54, 1.807) is 19.1 Å². The normalized spacial score (nSPS) is 11.9. The summed E-state index contributed by atoms with van der Waals surface area (Å²) in [6.07, 6.45) is -0.285. The first kappa shape index (κ1) is 14.7. The van der Waals surface area contributed by atoms with Gasteiger partial charge in [0, 0.05) is 11.6 Å². The van der Waals surface area contributed by atoms with Crippen LogP contribution in [0.1, 0.15) is 27.0 Å².